The molecule has 0 aliphatic carbocycles. The van der Waals surface area contributed by atoms with Crippen LogP contribution in [0, 0.1) is 0 Å². The van der Waals surface area contributed by atoms with Crippen LogP contribution in [-0.2, 0) is 9.53 Å². The van der Waals surface area contributed by atoms with Crippen LogP contribution in [0.1, 0.15) is 13.8 Å². The maximum atomic E-state index is 10.3. The summed E-state index contributed by atoms with van der Waals surface area (Å²) in [7, 11) is -1.09. The lowest BCUT2D eigenvalue weighted by Gasteiger charge is -2.16. The molecule has 0 saturated heterocycles. The molecule has 4 nitrogen and oxygen atoms in total. The SMILES string of the molecule is CCOC[SiH2]C(C)(O)C(=O)O. The van der Waals surface area contributed by atoms with E-state index in [1.807, 2.05) is 6.92 Å². The normalized spacial score (nSPS) is 17.0. The van der Waals surface area contributed by atoms with Crippen LogP contribution in [0.5, 0.6) is 0 Å². The Morgan fingerprint density at radius 3 is 2.64 bits per heavy atom. The van der Waals surface area contributed by atoms with Crippen molar-refractivity contribution in [1.82, 2.24) is 0 Å². The number of carboxylic acid groups (broad SMARTS) is 1. The second-order valence-electron chi connectivity index (χ2n) is 2.53. The van der Waals surface area contributed by atoms with Gasteiger partial charge in [-0.3, -0.25) is 0 Å². The number of aliphatic carboxylic acids is 1. The third-order valence-corrected chi connectivity index (χ3v) is 3.17. The Labute approximate surface area is 68.0 Å². The van der Waals surface area contributed by atoms with Crippen molar-refractivity contribution in [1.29, 1.82) is 0 Å². The number of carboxylic acids is 1. The minimum absolute atomic E-state index is 0.413. The largest absolute Gasteiger partial charge is 0.479 e. The Hall–Kier alpha value is -0.393. The zero-order chi connectivity index (χ0) is 8.91. The highest BCUT2D eigenvalue weighted by molar-refractivity contribution is 6.45. The van der Waals surface area contributed by atoms with E-state index in [2.05, 4.69) is 0 Å². The lowest BCUT2D eigenvalue weighted by Crippen LogP contribution is -2.43. The number of ether oxygens (including phenoxy) is 1. The summed E-state index contributed by atoms with van der Waals surface area (Å²) in [5.41, 5.74) is 0. The van der Waals surface area contributed by atoms with Crippen molar-refractivity contribution in [2.24, 2.45) is 0 Å². The Kier molecular flexibility index (Phi) is 4.32. The molecule has 0 saturated carbocycles. The fourth-order valence-corrected chi connectivity index (χ4v) is 1.57. The summed E-state index contributed by atoms with van der Waals surface area (Å²) in [5, 5.41) is 16.2. The van der Waals surface area contributed by atoms with Gasteiger partial charge in [0.1, 0.15) is 14.7 Å². The van der Waals surface area contributed by atoms with Gasteiger partial charge in [0.05, 0.1) is 0 Å². The van der Waals surface area contributed by atoms with Gasteiger partial charge < -0.3 is 14.9 Å². The second-order valence-corrected chi connectivity index (χ2v) is 4.81. The van der Waals surface area contributed by atoms with Gasteiger partial charge in [-0.05, 0) is 13.8 Å². The van der Waals surface area contributed by atoms with Crippen LogP contribution in [-0.4, -0.2) is 43.8 Å². The number of rotatable bonds is 5. The molecule has 0 rings (SSSR count). The lowest BCUT2D eigenvalue weighted by molar-refractivity contribution is -0.149. The monoisotopic (exact) mass is 178 g/mol. The minimum atomic E-state index is -1.52. The molecule has 5 heteroatoms. The number of carbonyl (C=O) groups is 1. The average molecular weight is 178 g/mol. The van der Waals surface area contributed by atoms with Crippen LogP contribution in [0.3, 0.4) is 0 Å². The summed E-state index contributed by atoms with van der Waals surface area (Å²) < 4.78 is 4.96. The van der Waals surface area contributed by atoms with Gasteiger partial charge in [-0.2, -0.15) is 0 Å². The molecule has 1 unspecified atom stereocenters. The van der Waals surface area contributed by atoms with Gasteiger partial charge in [0, 0.05) is 12.8 Å². The molecule has 0 aliphatic heterocycles. The first kappa shape index (κ1) is 10.6. The summed E-state index contributed by atoms with van der Waals surface area (Å²) in [6, 6.07) is 0. The Morgan fingerprint density at radius 1 is 1.73 bits per heavy atom. The van der Waals surface area contributed by atoms with Crippen molar-refractivity contribution in [3.05, 3.63) is 0 Å². The lowest BCUT2D eigenvalue weighted by atomic mass is 10.4. The quantitative estimate of drug-likeness (QED) is 0.416. The molecule has 0 fully saturated rings. The number of hydrogen-bond donors (Lipinski definition) is 2. The first-order valence-corrected chi connectivity index (χ1v) is 5.25. The molecular formula is C6H14O4Si. The van der Waals surface area contributed by atoms with Crippen LogP contribution in [0.2, 0.25) is 0 Å². The maximum absolute atomic E-state index is 10.3. The van der Waals surface area contributed by atoms with Gasteiger partial charge in [-0.15, -0.1) is 0 Å². The zero-order valence-corrected chi connectivity index (χ0v) is 8.25. The first-order chi connectivity index (χ1) is 5.00. The summed E-state index contributed by atoms with van der Waals surface area (Å²) >= 11 is 0. The highest BCUT2D eigenvalue weighted by Gasteiger charge is 2.29. The first-order valence-electron chi connectivity index (χ1n) is 3.54. The molecule has 0 radical (unpaired) electrons. The van der Waals surface area contributed by atoms with E-state index in [-0.39, 0.29) is 0 Å². The van der Waals surface area contributed by atoms with Crippen molar-refractivity contribution < 1.29 is 19.7 Å². The van der Waals surface area contributed by atoms with Gasteiger partial charge in [0.2, 0.25) is 0 Å². The maximum Gasteiger partial charge on any atom is 0.331 e. The summed E-state index contributed by atoms with van der Waals surface area (Å²) in [4.78, 5) is 10.3. The third-order valence-electron chi connectivity index (χ3n) is 1.40. The van der Waals surface area contributed by atoms with E-state index in [0.29, 0.717) is 12.8 Å². The number of hydrogen-bond acceptors (Lipinski definition) is 3. The van der Waals surface area contributed by atoms with Crippen LogP contribution in [0.4, 0.5) is 0 Å². The fourth-order valence-electron chi connectivity index (χ4n) is 0.522. The molecule has 0 amide bonds. The summed E-state index contributed by atoms with van der Waals surface area (Å²) in [6.07, 6.45) is 0.413. The predicted molar refractivity (Wildman–Crippen MR) is 43.3 cm³/mol. The Bertz CT molecular complexity index is 135. The van der Waals surface area contributed by atoms with E-state index < -0.39 is 20.7 Å². The van der Waals surface area contributed by atoms with Crippen molar-refractivity contribution in [3.8, 4) is 0 Å². The molecule has 11 heavy (non-hydrogen) atoms. The summed E-state index contributed by atoms with van der Waals surface area (Å²) in [5.74, 6) is -1.15. The van der Waals surface area contributed by atoms with Gasteiger partial charge in [-0.1, -0.05) is 0 Å². The molecule has 2 N–H and O–H groups in total. The van der Waals surface area contributed by atoms with Gasteiger partial charge >= 0.3 is 5.97 Å². The van der Waals surface area contributed by atoms with E-state index >= 15 is 0 Å². The van der Waals surface area contributed by atoms with Crippen LogP contribution in [0.25, 0.3) is 0 Å². The average Bonchev–Trinajstić information content (AvgIpc) is 1.88. The van der Waals surface area contributed by atoms with Crippen molar-refractivity contribution in [3.63, 3.8) is 0 Å². The van der Waals surface area contributed by atoms with E-state index in [1.54, 1.807) is 0 Å². The molecule has 66 valence electrons. The van der Waals surface area contributed by atoms with Gasteiger partial charge in [-0.25, -0.2) is 4.79 Å². The highest BCUT2D eigenvalue weighted by Crippen LogP contribution is 1.99. The minimum Gasteiger partial charge on any atom is -0.479 e. The van der Waals surface area contributed by atoms with Crippen molar-refractivity contribution >= 4 is 15.5 Å². The number of aliphatic hydroxyl groups is 1. The highest BCUT2D eigenvalue weighted by atomic mass is 28.2. The van der Waals surface area contributed by atoms with Gasteiger partial charge in [0.25, 0.3) is 0 Å². The zero-order valence-electron chi connectivity index (χ0n) is 6.83. The fraction of sp³-hybridized carbons (Fsp3) is 0.833. The van der Waals surface area contributed by atoms with Crippen LogP contribution < -0.4 is 0 Å². The van der Waals surface area contributed by atoms with Crippen LogP contribution in [0.15, 0.2) is 0 Å². The van der Waals surface area contributed by atoms with E-state index in [9.17, 15) is 9.90 Å². The molecule has 0 aromatic carbocycles. The smallest absolute Gasteiger partial charge is 0.331 e. The molecule has 0 heterocycles. The predicted octanol–water partition coefficient (Wildman–Crippen LogP) is -1.06. The molecule has 1 atom stereocenters. The molecule has 0 aliphatic rings. The topological polar surface area (TPSA) is 66.8 Å². The molecule has 0 aromatic rings. The second kappa shape index (κ2) is 4.48. The molecular weight excluding hydrogens is 164 g/mol. The standard InChI is InChI=1S/C6H14O4Si/c1-3-10-4-11-6(2,9)5(7)8/h9H,3-4,11H2,1-2H3,(H,7,8). The molecule has 0 aromatic heterocycles. The molecule has 0 bridgehead atoms. The van der Waals surface area contributed by atoms with E-state index in [4.69, 9.17) is 9.84 Å². The van der Waals surface area contributed by atoms with Crippen molar-refractivity contribution in [2.75, 3.05) is 12.8 Å². The summed E-state index contributed by atoms with van der Waals surface area (Å²) in [6.45, 7) is 3.73. The van der Waals surface area contributed by atoms with Crippen LogP contribution >= 0.6 is 0 Å². The van der Waals surface area contributed by atoms with Gasteiger partial charge in [0.15, 0.2) is 0 Å². The van der Waals surface area contributed by atoms with Crippen molar-refractivity contribution in [2.45, 2.75) is 19.1 Å². The third kappa shape index (κ3) is 4.13. The Morgan fingerprint density at radius 2 is 2.27 bits per heavy atom. The molecule has 0 spiro atoms. The Balaban J connectivity index is 3.64. The van der Waals surface area contributed by atoms with E-state index in [0.717, 1.165) is 0 Å². The van der Waals surface area contributed by atoms with E-state index in [1.165, 1.54) is 6.92 Å².